The number of phenols is 1. The van der Waals surface area contributed by atoms with E-state index in [0.29, 0.717) is 6.42 Å². The second-order valence-corrected chi connectivity index (χ2v) is 2.98. The minimum absolute atomic E-state index is 0.00681. The number of phenolic OH excluding ortho intramolecular Hbond substituents is 1. The van der Waals surface area contributed by atoms with Crippen LogP contribution in [-0.2, 0) is 6.42 Å². The first-order valence-corrected chi connectivity index (χ1v) is 4.32. The summed E-state index contributed by atoms with van der Waals surface area (Å²) in [6.45, 7) is 1.80. The first kappa shape index (κ1) is 10.6. The summed E-state index contributed by atoms with van der Waals surface area (Å²) < 4.78 is 26.1. The maximum atomic E-state index is 13.2. The molecule has 0 saturated heterocycles. The van der Waals surface area contributed by atoms with Gasteiger partial charge in [0.2, 0.25) is 0 Å². The van der Waals surface area contributed by atoms with Crippen LogP contribution < -0.4 is 0 Å². The van der Waals surface area contributed by atoms with Crippen molar-refractivity contribution in [3.05, 3.63) is 28.8 Å². The number of halogens is 2. The molecule has 1 aromatic carbocycles. The molecule has 0 aliphatic rings. The summed E-state index contributed by atoms with van der Waals surface area (Å²) in [7, 11) is 0. The van der Waals surface area contributed by atoms with Gasteiger partial charge in [0.05, 0.1) is 0 Å². The maximum absolute atomic E-state index is 13.2. The van der Waals surface area contributed by atoms with Gasteiger partial charge >= 0.3 is 0 Å². The minimum atomic E-state index is -1.02. The molecule has 0 fully saturated rings. The van der Waals surface area contributed by atoms with E-state index in [-0.39, 0.29) is 23.3 Å². The fourth-order valence-electron chi connectivity index (χ4n) is 1.28. The lowest BCUT2D eigenvalue weighted by molar-refractivity contribution is 0.440. The number of aromatic hydroxyl groups is 1. The van der Waals surface area contributed by atoms with Crippen molar-refractivity contribution in [2.75, 3.05) is 0 Å². The minimum Gasteiger partial charge on any atom is -0.507 e. The molecule has 0 saturated carbocycles. The van der Waals surface area contributed by atoms with Gasteiger partial charge in [-0.05, 0) is 12.5 Å². The SMILES string of the molecule is CCCc1c(O)c(C=N)cc(F)c1F. The molecule has 0 radical (unpaired) electrons. The van der Waals surface area contributed by atoms with Gasteiger partial charge in [-0.1, -0.05) is 13.3 Å². The van der Waals surface area contributed by atoms with Gasteiger partial charge in [-0.2, -0.15) is 0 Å². The quantitative estimate of drug-likeness (QED) is 0.722. The van der Waals surface area contributed by atoms with Crippen LogP contribution in [0.2, 0.25) is 0 Å². The van der Waals surface area contributed by atoms with Crippen LogP contribution in [0.25, 0.3) is 0 Å². The van der Waals surface area contributed by atoms with E-state index < -0.39 is 11.6 Å². The Balaban J connectivity index is 3.36. The fourth-order valence-corrected chi connectivity index (χ4v) is 1.28. The van der Waals surface area contributed by atoms with Crippen LogP contribution in [0.3, 0.4) is 0 Å². The Morgan fingerprint density at radius 3 is 2.64 bits per heavy atom. The second-order valence-electron chi connectivity index (χ2n) is 2.98. The molecule has 0 aliphatic heterocycles. The fraction of sp³-hybridized carbons (Fsp3) is 0.300. The summed E-state index contributed by atoms with van der Waals surface area (Å²) in [6, 6.07) is 0.816. The van der Waals surface area contributed by atoms with E-state index in [2.05, 4.69) is 0 Å². The van der Waals surface area contributed by atoms with Gasteiger partial charge in [-0.3, -0.25) is 0 Å². The van der Waals surface area contributed by atoms with E-state index in [1.807, 2.05) is 0 Å². The largest absolute Gasteiger partial charge is 0.507 e. The van der Waals surface area contributed by atoms with Gasteiger partial charge in [0.25, 0.3) is 0 Å². The molecule has 1 rings (SSSR count). The lowest BCUT2D eigenvalue weighted by Crippen LogP contribution is -1.98. The zero-order valence-electron chi connectivity index (χ0n) is 7.77. The zero-order chi connectivity index (χ0) is 10.7. The maximum Gasteiger partial charge on any atom is 0.165 e. The first-order chi connectivity index (χ1) is 6.61. The Bertz CT molecular complexity index is 364. The Labute approximate surface area is 80.7 Å². The molecular formula is C10H11F2NO. The smallest absolute Gasteiger partial charge is 0.165 e. The van der Waals surface area contributed by atoms with Gasteiger partial charge in [0.1, 0.15) is 5.75 Å². The summed E-state index contributed by atoms with van der Waals surface area (Å²) in [5.74, 6) is -2.37. The monoisotopic (exact) mass is 199 g/mol. The highest BCUT2D eigenvalue weighted by atomic mass is 19.2. The third-order valence-electron chi connectivity index (χ3n) is 1.97. The van der Waals surface area contributed by atoms with E-state index >= 15 is 0 Å². The van der Waals surface area contributed by atoms with E-state index in [4.69, 9.17) is 5.41 Å². The number of hydrogen-bond acceptors (Lipinski definition) is 2. The Hall–Kier alpha value is -1.45. The lowest BCUT2D eigenvalue weighted by atomic mass is 10.0. The van der Waals surface area contributed by atoms with Crippen molar-refractivity contribution in [3.8, 4) is 5.75 Å². The highest BCUT2D eigenvalue weighted by Crippen LogP contribution is 2.27. The van der Waals surface area contributed by atoms with Crippen LogP contribution >= 0.6 is 0 Å². The molecule has 76 valence electrons. The number of nitrogens with one attached hydrogen (secondary N) is 1. The van der Waals surface area contributed by atoms with Crippen molar-refractivity contribution in [3.63, 3.8) is 0 Å². The molecule has 1 aromatic rings. The molecule has 2 N–H and O–H groups in total. The van der Waals surface area contributed by atoms with Gasteiger partial charge in [-0.15, -0.1) is 0 Å². The Kier molecular flexibility index (Phi) is 3.17. The summed E-state index contributed by atoms with van der Waals surface area (Å²) in [6.07, 6.45) is 1.67. The summed E-state index contributed by atoms with van der Waals surface area (Å²) in [4.78, 5) is 0. The highest BCUT2D eigenvalue weighted by molar-refractivity contribution is 5.81. The third kappa shape index (κ3) is 1.73. The summed E-state index contributed by atoms with van der Waals surface area (Å²) in [5, 5.41) is 16.4. The normalized spacial score (nSPS) is 10.2. The molecule has 2 nitrogen and oxygen atoms in total. The van der Waals surface area contributed by atoms with Crippen LogP contribution in [-0.4, -0.2) is 11.3 Å². The Morgan fingerprint density at radius 1 is 1.50 bits per heavy atom. The molecule has 0 unspecified atom stereocenters. The Morgan fingerprint density at radius 2 is 2.14 bits per heavy atom. The van der Waals surface area contributed by atoms with E-state index in [1.165, 1.54) is 0 Å². The van der Waals surface area contributed by atoms with Crippen molar-refractivity contribution in [1.29, 1.82) is 5.41 Å². The predicted molar refractivity (Wildman–Crippen MR) is 49.9 cm³/mol. The van der Waals surface area contributed by atoms with E-state index in [1.54, 1.807) is 6.92 Å². The molecule has 0 bridgehead atoms. The molecular weight excluding hydrogens is 188 g/mol. The average molecular weight is 199 g/mol. The highest BCUT2D eigenvalue weighted by Gasteiger charge is 2.15. The molecule has 0 aromatic heterocycles. The van der Waals surface area contributed by atoms with E-state index in [9.17, 15) is 13.9 Å². The molecule has 14 heavy (non-hydrogen) atoms. The van der Waals surface area contributed by atoms with Crippen molar-refractivity contribution >= 4 is 6.21 Å². The number of rotatable bonds is 3. The molecule has 0 atom stereocenters. The molecule has 0 heterocycles. The molecule has 0 spiro atoms. The average Bonchev–Trinajstić information content (AvgIpc) is 2.18. The number of benzene rings is 1. The molecule has 0 aliphatic carbocycles. The van der Waals surface area contributed by atoms with Crippen LogP contribution in [0, 0.1) is 17.0 Å². The second kappa shape index (κ2) is 4.17. The van der Waals surface area contributed by atoms with Gasteiger partial charge in [-0.25, -0.2) is 8.78 Å². The topological polar surface area (TPSA) is 44.1 Å². The zero-order valence-corrected chi connectivity index (χ0v) is 7.77. The predicted octanol–water partition coefficient (Wildman–Crippen LogP) is 2.62. The van der Waals surface area contributed by atoms with Crippen LogP contribution in [0.5, 0.6) is 5.75 Å². The standard InChI is InChI=1S/C10H11F2NO/c1-2-3-7-9(12)8(11)4-6(5-13)10(7)14/h4-5,13-14H,2-3H2,1H3. The lowest BCUT2D eigenvalue weighted by Gasteiger charge is -2.08. The van der Waals surface area contributed by atoms with Crippen molar-refractivity contribution in [2.45, 2.75) is 19.8 Å². The third-order valence-corrected chi connectivity index (χ3v) is 1.97. The van der Waals surface area contributed by atoms with Crippen molar-refractivity contribution in [2.24, 2.45) is 0 Å². The summed E-state index contributed by atoms with van der Waals surface area (Å²) in [5.41, 5.74) is -0.0432. The first-order valence-electron chi connectivity index (χ1n) is 4.32. The molecule has 0 amide bonds. The summed E-state index contributed by atoms with van der Waals surface area (Å²) >= 11 is 0. The van der Waals surface area contributed by atoms with Crippen LogP contribution in [0.4, 0.5) is 8.78 Å². The van der Waals surface area contributed by atoms with Gasteiger partial charge in [0.15, 0.2) is 11.6 Å². The van der Waals surface area contributed by atoms with Crippen molar-refractivity contribution < 1.29 is 13.9 Å². The van der Waals surface area contributed by atoms with Crippen LogP contribution in [0.1, 0.15) is 24.5 Å². The number of hydrogen-bond donors (Lipinski definition) is 2. The van der Waals surface area contributed by atoms with Crippen LogP contribution in [0.15, 0.2) is 6.07 Å². The molecule has 4 heteroatoms. The van der Waals surface area contributed by atoms with Gasteiger partial charge in [0, 0.05) is 17.3 Å². The van der Waals surface area contributed by atoms with E-state index in [0.717, 1.165) is 12.3 Å². The van der Waals surface area contributed by atoms with Crippen molar-refractivity contribution in [1.82, 2.24) is 0 Å². The van der Waals surface area contributed by atoms with Gasteiger partial charge < -0.3 is 10.5 Å².